The molecule has 1 N–H and O–H groups in total. The van der Waals surface area contributed by atoms with E-state index in [0.717, 1.165) is 15.4 Å². The number of sulfonamides is 1. The van der Waals surface area contributed by atoms with Gasteiger partial charge in [-0.1, -0.05) is 84.2 Å². The van der Waals surface area contributed by atoms with Crippen LogP contribution >= 0.6 is 23.2 Å². The summed E-state index contributed by atoms with van der Waals surface area (Å²) >= 11 is 13.2. The van der Waals surface area contributed by atoms with Crippen LogP contribution in [-0.4, -0.2) is 50.4 Å². The van der Waals surface area contributed by atoms with Crippen molar-refractivity contribution >= 4 is 50.7 Å². The van der Waals surface area contributed by atoms with Crippen molar-refractivity contribution in [3.8, 4) is 5.75 Å². The van der Waals surface area contributed by atoms with Gasteiger partial charge in [0.25, 0.3) is 10.0 Å². The molecule has 4 rings (SSSR count). The molecule has 254 valence electrons. The number of aryl methyl sites for hydroxylation is 1. The van der Waals surface area contributed by atoms with Crippen LogP contribution in [0.5, 0.6) is 5.75 Å². The minimum atomic E-state index is -4.27. The van der Waals surface area contributed by atoms with Gasteiger partial charge in [0.05, 0.1) is 17.2 Å². The number of nitrogens with zero attached hydrogens (tertiary/aromatic N) is 2. The number of halogens is 2. The first-order valence-corrected chi connectivity index (χ1v) is 18.0. The van der Waals surface area contributed by atoms with Crippen molar-refractivity contribution in [3.63, 3.8) is 0 Å². The highest BCUT2D eigenvalue weighted by Gasteiger charge is 2.35. The monoisotopic (exact) mass is 709 g/mol. The fourth-order valence-electron chi connectivity index (χ4n) is 5.09. The number of hydrogen-bond acceptors (Lipinski definition) is 5. The van der Waals surface area contributed by atoms with Crippen molar-refractivity contribution in [1.29, 1.82) is 0 Å². The lowest BCUT2D eigenvalue weighted by Gasteiger charge is -2.34. The average Bonchev–Trinajstić information content (AvgIpc) is 3.07. The normalized spacial score (nSPS) is 12.5. The van der Waals surface area contributed by atoms with E-state index in [0.29, 0.717) is 40.1 Å². The summed E-state index contributed by atoms with van der Waals surface area (Å²) in [5, 5.41) is 3.66. The molecule has 0 fully saturated rings. The Bertz CT molecular complexity index is 1770. The zero-order valence-electron chi connectivity index (χ0n) is 27.5. The van der Waals surface area contributed by atoms with E-state index in [1.807, 2.05) is 58.0 Å². The summed E-state index contributed by atoms with van der Waals surface area (Å²) in [6, 6.07) is 26.1. The Morgan fingerprint density at radius 3 is 2.06 bits per heavy atom. The predicted molar refractivity (Wildman–Crippen MR) is 192 cm³/mol. The maximum absolute atomic E-state index is 14.7. The molecule has 0 saturated heterocycles. The van der Waals surface area contributed by atoms with Gasteiger partial charge in [0.2, 0.25) is 11.8 Å². The van der Waals surface area contributed by atoms with Gasteiger partial charge in [-0.25, -0.2) is 8.42 Å². The highest BCUT2D eigenvalue weighted by atomic mass is 35.5. The molecule has 4 aromatic rings. The fraction of sp³-hybridized carbons (Fsp3) is 0.297. The molecular formula is C37H41Cl2N3O5S. The Morgan fingerprint density at radius 1 is 0.854 bits per heavy atom. The van der Waals surface area contributed by atoms with Crippen molar-refractivity contribution in [3.05, 3.63) is 124 Å². The molecule has 0 heterocycles. The van der Waals surface area contributed by atoms with Crippen molar-refractivity contribution in [2.75, 3.05) is 17.5 Å². The molecule has 0 saturated carbocycles. The third-order valence-corrected chi connectivity index (χ3v) is 10.5. The molecule has 48 heavy (non-hydrogen) atoms. The maximum atomic E-state index is 14.7. The Morgan fingerprint density at radius 2 is 1.48 bits per heavy atom. The molecule has 11 heteroatoms. The first-order chi connectivity index (χ1) is 22.9. The molecule has 0 aliphatic carbocycles. The largest absolute Gasteiger partial charge is 0.494 e. The molecule has 2 unspecified atom stereocenters. The highest BCUT2D eigenvalue weighted by molar-refractivity contribution is 7.92. The number of hydrogen-bond donors (Lipinski definition) is 1. The first-order valence-electron chi connectivity index (χ1n) is 15.8. The molecule has 8 nitrogen and oxygen atoms in total. The maximum Gasteiger partial charge on any atom is 0.264 e. The van der Waals surface area contributed by atoms with Gasteiger partial charge in [-0.3, -0.25) is 13.9 Å². The number of carbonyl (C=O) groups is 2. The molecule has 0 bridgehead atoms. The molecule has 4 aromatic carbocycles. The minimum absolute atomic E-state index is 0.0182. The zero-order valence-corrected chi connectivity index (χ0v) is 29.9. The average molecular weight is 711 g/mol. The lowest BCUT2D eigenvalue weighted by atomic mass is 10.0. The van der Waals surface area contributed by atoms with E-state index in [9.17, 15) is 18.0 Å². The van der Waals surface area contributed by atoms with Crippen LogP contribution in [0.3, 0.4) is 0 Å². The van der Waals surface area contributed by atoms with Gasteiger partial charge in [-0.2, -0.15) is 0 Å². The van der Waals surface area contributed by atoms with Crippen LogP contribution in [0.2, 0.25) is 10.0 Å². The Hall–Kier alpha value is -4.05. The summed E-state index contributed by atoms with van der Waals surface area (Å²) in [6.07, 6.45) is 0.850. The topological polar surface area (TPSA) is 96.0 Å². The number of nitrogens with one attached hydrogen (secondary N) is 1. The van der Waals surface area contributed by atoms with Crippen LogP contribution in [0.25, 0.3) is 0 Å². The van der Waals surface area contributed by atoms with Crippen LogP contribution in [0, 0.1) is 6.92 Å². The zero-order chi connectivity index (χ0) is 34.8. The van der Waals surface area contributed by atoms with Gasteiger partial charge in [-0.15, -0.1) is 0 Å². The van der Waals surface area contributed by atoms with Gasteiger partial charge < -0.3 is 15.0 Å². The standard InChI is InChI=1S/C37H41Cl2N3O5S/c1-5-27(4)40-37(44)35(23-28-11-8-7-9-12-28)41(24-32-33(38)13-10-14-34(32)39)36(43)25-42(29-17-15-26(3)16-18-29)48(45,46)31-21-19-30(20-22-31)47-6-2/h7-22,27,35H,5-6,23-25H2,1-4H3,(H,40,44). The van der Waals surface area contributed by atoms with E-state index in [-0.39, 0.29) is 29.8 Å². The second-order valence-electron chi connectivity index (χ2n) is 11.5. The molecule has 0 spiro atoms. The second-order valence-corrected chi connectivity index (χ2v) is 14.2. The summed E-state index contributed by atoms with van der Waals surface area (Å²) in [4.78, 5) is 30.0. The Labute approximate surface area is 293 Å². The van der Waals surface area contributed by atoms with Crippen molar-refractivity contribution in [2.24, 2.45) is 0 Å². The molecule has 2 amide bonds. The van der Waals surface area contributed by atoms with E-state index in [1.165, 1.54) is 17.0 Å². The van der Waals surface area contributed by atoms with E-state index >= 15 is 0 Å². The van der Waals surface area contributed by atoms with Crippen LogP contribution in [-0.2, 0) is 32.6 Å². The van der Waals surface area contributed by atoms with E-state index in [1.54, 1.807) is 54.6 Å². The van der Waals surface area contributed by atoms with E-state index in [4.69, 9.17) is 27.9 Å². The third kappa shape index (κ3) is 9.30. The van der Waals surface area contributed by atoms with Crippen LogP contribution < -0.4 is 14.4 Å². The van der Waals surface area contributed by atoms with Gasteiger partial charge in [0.15, 0.2) is 0 Å². The van der Waals surface area contributed by atoms with Crippen LogP contribution in [0.4, 0.5) is 5.69 Å². The molecule has 0 aliphatic rings. The number of benzene rings is 4. The summed E-state index contributed by atoms with van der Waals surface area (Å²) in [5.74, 6) is -0.462. The number of ether oxygens (including phenoxy) is 1. The Kier molecular flexibility index (Phi) is 12.9. The smallest absolute Gasteiger partial charge is 0.264 e. The number of carbonyl (C=O) groups excluding carboxylic acids is 2. The minimum Gasteiger partial charge on any atom is -0.494 e. The third-order valence-electron chi connectivity index (χ3n) is 7.99. The van der Waals surface area contributed by atoms with E-state index in [2.05, 4.69) is 5.32 Å². The second kappa shape index (κ2) is 16.9. The van der Waals surface area contributed by atoms with Gasteiger partial charge in [0, 0.05) is 34.6 Å². The quantitative estimate of drug-likeness (QED) is 0.138. The summed E-state index contributed by atoms with van der Waals surface area (Å²) in [7, 11) is -4.27. The SMILES string of the molecule is CCOc1ccc(S(=O)(=O)N(CC(=O)N(Cc2c(Cl)cccc2Cl)C(Cc2ccccc2)C(=O)NC(C)CC)c2ccc(C)cc2)cc1. The molecule has 2 atom stereocenters. The van der Waals surface area contributed by atoms with Crippen LogP contribution in [0.1, 0.15) is 43.9 Å². The molecule has 0 aromatic heterocycles. The number of anilines is 1. The first kappa shape index (κ1) is 36.8. The predicted octanol–water partition coefficient (Wildman–Crippen LogP) is 7.45. The fourth-order valence-corrected chi connectivity index (χ4v) is 7.02. The van der Waals surface area contributed by atoms with Crippen molar-refractivity contribution in [2.45, 2.75) is 64.1 Å². The van der Waals surface area contributed by atoms with Gasteiger partial charge >= 0.3 is 0 Å². The van der Waals surface area contributed by atoms with Crippen LogP contribution in [0.15, 0.2) is 102 Å². The highest BCUT2D eigenvalue weighted by Crippen LogP contribution is 2.29. The van der Waals surface area contributed by atoms with Crippen molar-refractivity contribution in [1.82, 2.24) is 10.2 Å². The Balaban J connectivity index is 1.83. The summed E-state index contributed by atoms with van der Waals surface area (Å²) < 4.78 is 35.1. The molecule has 0 radical (unpaired) electrons. The van der Waals surface area contributed by atoms with Crippen molar-refractivity contribution < 1.29 is 22.7 Å². The lowest BCUT2D eigenvalue weighted by molar-refractivity contribution is -0.140. The number of amides is 2. The summed E-state index contributed by atoms with van der Waals surface area (Å²) in [6.45, 7) is 7.27. The molecule has 0 aliphatic heterocycles. The van der Waals surface area contributed by atoms with Gasteiger partial charge in [0.1, 0.15) is 18.3 Å². The molecular weight excluding hydrogens is 669 g/mol. The van der Waals surface area contributed by atoms with E-state index < -0.39 is 28.5 Å². The number of rotatable bonds is 15. The van der Waals surface area contributed by atoms with Gasteiger partial charge in [-0.05, 0) is 81.3 Å². The summed E-state index contributed by atoms with van der Waals surface area (Å²) in [5.41, 5.74) is 2.48. The lowest BCUT2D eigenvalue weighted by Crippen LogP contribution is -2.54.